The van der Waals surface area contributed by atoms with E-state index in [4.69, 9.17) is 4.74 Å². The molecule has 0 saturated carbocycles. The lowest BCUT2D eigenvalue weighted by molar-refractivity contribution is -0.144. The van der Waals surface area contributed by atoms with Crippen molar-refractivity contribution in [1.29, 1.82) is 0 Å². The minimum absolute atomic E-state index is 0.0864. The van der Waals surface area contributed by atoms with Gasteiger partial charge in [0.1, 0.15) is 0 Å². The standard InChI is InChI=1S/C13H26N2O2/c1-6-17-12(16)9-11(2)15-8-7-14(5)13(3,4)10-15/h11H,6-10H2,1-5H3. The highest BCUT2D eigenvalue weighted by molar-refractivity contribution is 5.70. The van der Waals surface area contributed by atoms with Gasteiger partial charge in [0.25, 0.3) is 0 Å². The number of likely N-dealkylation sites (N-methyl/N-ethyl adjacent to an activating group) is 1. The van der Waals surface area contributed by atoms with E-state index >= 15 is 0 Å². The predicted octanol–water partition coefficient (Wildman–Crippen LogP) is 1.35. The van der Waals surface area contributed by atoms with Gasteiger partial charge < -0.3 is 4.74 Å². The second kappa shape index (κ2) is 5.83. The number of hydrogen-bond acceptors (Lipinski definition) is 4. The number of ether oxygens (including phenoxy) is 1. The smallest absolute Gasteiger partial charge is 0.307 e. The minimum Gasteiger partial charge on any atom is -0.466 e. The van der Waals surface area contributed by atoms with E-state index in [1.807, 2.05) is 6.92 Å². The van der Waals surface area contributed by atoms with Gasteiger partial charge in [0, 0.05) is 31.2 Å². The molecule has 100 valence electrons. The van der Waals surface area contributed by atoms with E-state index in [2.05, 4.69) is 37.6 Å². The number of esters is 1. The lowest BCUT2D eigenvalue weighted by Crippen LogP contribution is -2.59. The largest absolute Gasteiger partial charge is 0.466 e. The Bertz CT molecular complexity index is 266. The first-order valence-electron chi connectivity index (χ1n) is 6.47. The fourth-order valence-corrected chi connectivity index (χ4v) is 2.24. The van der Waals surface area contributed by atoms with Crippen molar-refractivity contribution in [1.82, 2.24) is 9.80 Å². The van der Waals surface area contributed by atoms with Crippen LogP contribution in [0.2, 0.25) is 0 Å². The van der Waals surface area contributed by atoms with Gasteiger partial charge in [-0.2, -0.15) is 0 Å². The first kappa shape index (κ1) is 14.5. The van der Waals surface area contributed by atoms with Crippen molar-refractivity contribution in [3.8, 4) is 0 Å². The van der Waals surface area contributed by atoms with Gasteiger partial charge in [-0.05, 0) is 34.7 Å². The fourth-order valence-electron chi connectivity index (χ4n) is 2.24. The molecule has 0 N–H and O–H groups in total. The molecule has 0 aliphatic carbocycles. The lowest BCUT2D eigenvalue weighted by atomic mass is 9.98. The third kappa shape index (κ3) is 3.96. The van der Waals surface area contributed by atoms with Crippen LogP contribution in [0.15, 0.2) is 0 Å². The van der Waals surface area contributed by atoms with Crippen molar-refractivity contribution in [2.45, 2.75) is 45.7 Å². The van der Waals surface area contributed by atoms with E-state index in [1.165, 1.54) is 0 Å². The van der Waals surface area contributed by atoms with Crippen LogP contribution < -0.4 is 0 Å². The van der Waals surface area contributed by atoms with Gasteiger partial charge in [-0.25, -0.2) is 0 Å². The first-order chi connectivity index (χ1) is 7.86. The molecule has 4 nitrogen and oxygen atoms in total. The molecule has 1 rings (SSSR count). The molecule has 1 aliphatic rings. The van der Waals surface area contributed by atoms with Crippen molar-refractivity contribution in [2.75, 3.05) is 33.3 Å². The Hall–Kier alpha value is -0.610. The van der Waals surface area contributed by atoms with E-state index < -0.39 is 0 Å². The molecule has 0 aromatic rings. The molecule has 17 heavy (non-hydrogen) atoms. The van der Waals surface area contributed by atoms with Crippen LogP contribution in [0.1, 0.15) is 34.1 Å². The molecule has 1 fully saturated rings. The van der Waals surface area contributed by atoms with Crippen molar-refractivity contribution in [2.24, 2.45) is 0 Å². The second-order valence-corrected chi connectivity index (χ2v) is 5.56. The summed E-state index contributed by atoms with van der Waals surface area (Å²) in [6.07, 6.45) is 0.494. The monoisotopic (exact) mass is 242 g/mol. The topological polar surface area (TPSA) is 32.8 Å². The highest BCUT2D eigenvalue weighted by atomic mass is 16.5. The SMILES string of the molecule is CCOC(=O)CC(C)N1CCN(C)C(C)(C)C1. The molecule has 0 amide bonds. The predicted molar refractivity (Wildman–Crippen MR) is 69.0 cm³/mol. The summed E-state index contributed by atoms with van der Waals surface area (Å²) in [4.78, 5) is 16.2. The van der Waals surface area contributed by atoms with E-state index in [0.29, 0.717) is 13.0 Å². The molecular weight excluding hydrogens is 216 g/mol. The summed E-state index contributed by atoms with van der Waals surface area (Å²) in [6.45, 7) is 12.0. The van der Waals surface area contributed by atoms with Gasteiger partial charge in [0.05, 0.1) is 13.0 Å². The fraction of sp³-hybridized carbons (Fsp3) is 0.923. The zero-order valence-electron chi connectivity index (χ0n) is 11.8. The molecule has 0 bridgehead atoms. The van der Waals surface area contributed by atoms with Crippen molar-refractivity contribution in [3.05, 3.63) is 0 Å². The maximum Gasteiger partial charge on any atom is 0.307 e. The highest BCUT2D eigenvalue weighted by Gasteiger charge is 2.33. The normalized spacial score (nSPS) is 23.4. The summed E-state index contributed by atoms with van der Waals surface area (Å²) in [5.74, 6) is -0.0864. The quantitative estimate of drug-likeness (QED) is 0.697. The number of hydrogen-bond donors (Lipinski definition) is 0. The highest BCUT2D eigenvalue weighted by Crippen LogP contribution is 2.21. The molecule has 1 saturated heterocycles. The van der Waals surface area contributed by atoms with Gasteiger partial charge in [0.2, 0.25) is 0 Å². The zero-order valence-corrected chi connectivity index (χ0v) is 11.8. The van der Waals surface area contributed by atoms with Crippen LogP contribution in [0.4, 0.5) is 0 Å². The number of rotatable bonds is 4. The van der Waals surface area contributed by atoms with Gasteiger partial charge in [-0.1, -0.05) is 0 Å². The van der Waals surface area contributed by atoms with Gasteiger partial charge in [-0.3, -0.25) is 14.6 Å². The van der Waals surface area contributed by atoms with E-state index in [0.717, 1.165) is 19.6 Å². The first-order valence-corrected chi connectivity index (χ1v) is 6.47. The van der Waals surface area contributed by atoms with Gasteiger partial charge >= 0.3 is 5.97 Å². The Morgan fingerprint density at radius 2 is 2.06 bits per heavy atom. The lowest BCUT2D eigenvalue weighted by Gasteiger charge is -2.47. The average molecular weight is 242 g/mol. The maximum absolute atomic E-state index is 11.5. The Morgan fingerprint density at radius 1 is 1.41 bits per heavy atom. The van der Waals surface area contributed by atoms with Crippen LogP contribution in [0.5, 0.6) is 0 Å². The Kier molecular flexibility index (Phi) is 4.95. The van der Waals surface area contributed by atoms with Crippen molar-refractivity contribution in [3.63, 3.8) is 0 Å². The van der Waals surface area contributed by atoms with Crippen LogP contribution in [0.25, 0.3) is 0 Å². The molecular formula is C13H26N2O2. The molecule has 1 aliphatic heterocycles. The molecule has 4 heteroatoms. The van der Waals surface area contributed by atoms with Crippen LogP contribution >= 0.6 is 0 Å². The summed E-state index contributed by atoms with van der Waals surface area (Å²) in [5.41, 5.74) is 0.182. The van der Waals surface area contributed by atoms with Crippen LogP contribution in [-0.4, -0.2) is 60.6 Å². The third-order valence-corrected chi connectivity index (χ3v) is 3.74. The molecule has 0 spiro atoms. The summed E-state index contributed by atoms with van der Waals surface area (Å²) in [5, 5.41) is 0. The Morgan fingerprint density at radius 3 is 2.59 bits per heavy atom. The maximum atomic E-state index is 11.5. The summed E-state index contributed by atoms with van der Waals surface area (Å²) < 4.78 is 5.00. The van der Waals surface area contributed by atoms with E-state index in [1.54, 1.807) is 0 Å². The van der Waals surface area contributed by atoms with Gasteiger partial charge in [-0.15, -0.1) is 0 Å². The molecule has 1 atom stereocenters. The second-order valence-electron chi connectivity index (χ2n) is 5.56. The summed E-state index contributed by atoms with van der Waals surface area (Å²) in [7, 11) is 2.16. The van der Waals surface area contributed by atoms with Crippen LogP contribution in [0.3, 0.4) is 0 Å². The van der Waals surface area contributed by atoms with Crippen LogP contribution in [-0.2, 0) is 9.53 Å². The Labute approximate surface area is 105 Å². The zero-order chi connectivity index (χ0) is 13.1. The van der Waals surface area contributed by atoms with Gasteiger partial charge in [0.15, 0.2) is 0 Å². The number of piperazine rings is 1. The molecule has 0 aromatic carbocycles. The number of nitrogens with zero attached hydrogens (tertiary/aromatic N) is 2. The number of carbonyl (C=O) groups is 1. The third-order valence-electron chi connectivity index (χ3n) is 3.74. The van der Waals surface area contributed by atoms with E-state index in [-0.39, 0.29) is 17.6 Å². The average Bonchev–Trinajstić information content (AvgIpc) is 2.22. The Balaban J connectivity index is 2.48. The molecule has 0 radical (unpaired) electrons. The molecule has 1 heterocycles. The minimum atomic E-state index is -0.0864. The summed E-state index contributed by atoms with van der Waals surface area (Å²) in [6, 6.07) is 0.266. The summed E-state index contributed by atoms with van der Waals surface area (Å²) >= 11 is 0. The van der Waals surface area contributed by atoms with Crippen molar-refractivity contribution >= 4 is 5.97 Å². The van der Waals surface area contributed by atoms with Crippen molar-refractivity contribution < 1.29 is 9.53 Å². The molecule has 1 unspecified atom stereocenters. The van der Waals surface area contributed by atoms with E-state index in [9.17, 15) is 4.79 Å². The molecule has 0 aromatic heterocycles. The van der Waals surface area contributed by atoms with Crippen LogP contribution in [0, 0.1) is 0 Å². The number of carbonyl (C=O) groups excluding carboxylic acids is 1.